The monoisotopic (exact) mass is 509 g/mol. The number of hydrogen-bond donors (Lipinski definition) is 3. The van der Waals surface area contributed by atoms with Crippen LogP contribution in [0.2, 0.25) is 5.02 Å². The minimum absolute atomic E-state index is 0.0549. The minimum Gasteiger partial charge on any atom is -0.465 e. The summed E-state index contributed by atoms with van der Waals surface area (Å²) in [6, 6.07) is 6.79. The molecule has 1 aromatic rings. The lowest BCUT2D eigenvalue weighted by atomic mass is 9.84. The molecular formula is C25H40ClN5O4. The van der Waals surface area contributed by atoms with Crippen molar-refractivity contribution in [2.45, 2.75) is 51.0 Å². The molecule has 0 spiro atoms. The fourth-order valence-electron chi connectivity index (χ4n) is 4.68. The topological polar surface area (TPSA) is 105 Å². The SMILES string of the molecule is CNCC(CC1CCCCC1)N(C)C(=O)N(C)CC(=O)N(CCCNC(=O)O)c1cccc(Cl)c1. The Balaban J connectivity index is 2.04. The van der Waals surface area contributed by atoms with Crippen LogP contribution in [0.3, 0.4) is 0 Å². The number of urea groups is 1. The van der Waals surface area contributed by atoms with Crippen LogP contribution in [0.5, 0.6) is 0 Å². The number of halogens is 1. The number of anilines is 1. The molecule has 0 saturated heterocycles. The lowest BCUT2D eigenvalue weighted by molar-refractivity contribution is -0.119. The van der Waals surface area contributed by atoms with Gasteiger partial charge in [-0.25, -0.2) is 9.59 Å². The number of nitrogens with zero attached hydrogens (tertiary/aromatic N) is 3. The Bertz CT molecular complexity index is 834. The van der Waals surface area contributed by atoms with E-state index < -0.39 is 6.09 Å². The molecule has 196 valence electrons. The zero-order valence-electron chi connectivity index (χ0n) is 21.1. The molecule has 0 bridgehead atoms. The molecule has 1 unspecified atom stereocenters. The molecule has 0 heterocycles. The second-order valence-corrected chi connectivity index (χ2v) is 9.75. The maximum Gasteiger partial charge on any atom is 0.404 e. The number of hydrogen-bond acceptors (Lipinski definition) is 4. The largest absolute Gasteiger partial charge is 0.465 e. The number of likely N-dealkylation sites (N-methyl/N-ethyl adjacent to an activating group) is 3. The Hall–Kier alpha value is -2.52. The Morgan fingerprint density at radius 3 is 2.51 bits per heavy atom. The van der Waals surface area contributed by atoms with Gasteiger partial charge < -0.3 is 30.4 Å². The number of benzene rings is 1. The summed E-state index contributed by atoms with van der Waals surface area (Å²) in [4.78, 5) is 42.0. The van der Waals surface area contributed by atoms with Gasteiger partial charge in [-0.05, 0) is 44.0 Å². The predicted molar refractivity (Wildman–Crippen MR) is 139 cm³/mol. The van der Waals surface area contributed by atoms with Crippen molar-refractivity contribution in [3.63, 3.8) is 0 Å². The van der Waals surface area contributed by atoms with Crippen LogP contribution in [0.1, 0.15) is 44.9 Å². The van der Waals surface area contributed by atoms with Gasteiger partial charge in [0.05, 0.1) is 0 Å². The van der Waals surface area contributed by atoms with Crippen molar-refractivity contribution in [3.05, 3.63) is 29.3 Å². The number of nitrogens with one attached hydrogen (secondary N) is 2. The predicted octanol–water partition coefficient (Wildman–Crippen LogP) is 3.87. The van der Waals surface area contributed by atoms with Crippen molar-refractivity contribution >= 4 is 35.3 Å². The van der Waals surface area contributed by atoms with Gasteiger partial charge in [-0.15, -0.1) is 0 Å². The molecule has 1 fully saturated rings. The van der Waals surface area contributed by atoms with Gasteiger partial charge in [-0.3, -0.25) is 4.79 Å². The number of rotatable bonds is 12. The third kappa shape index (κ3) is 9.57. The van der Waals surface area contributed by atoms with Crippen LogP contribution in [0.4, 0.5) is 15.3 Å². The molecule has 4 amide bonds. The quantitative estimate of drug-likeness (QED) is 0.371. The highest BCUT2D eigenvalue weighted by molar-refractivity contribution is 6.30. The zero-order chi connectivity index (χ0) is 25.8. The smallest absolute Gasteiger partial charge is 0.404 e. The highest BCUT2D eigenvalue weighted by Gasteiger charge is 2.28. The summed E-state index contributed by atoms with van der Waals surface area (Å²) in [7, 11) is 5.33. The molecule has 1 aliphatic carbocycles. The van der Waals surface area contributed by atoms with Gasteiger partial charge in [0, 0.05) is 50.5 Å². The van der Waals surface area contributed by atoms with Crippen LogP contribution in [-0.4, -0.2) is 86.3 Å². The fraction of sp³-hybridized carbons (Fsp3) is 0.640. The average Bonchev–Trinajstić information content (AvgIpc) is 2.83. The van der Waals surface area contributed by atoms with Crippen molar-refractivity contribution in [2.24, 2.45) is 5.92 Å². The van der Waals surface area contributed by atoms with E-state index in [1.54, 1.807) is 48.2 Å². The maximum atomic E-state index is 13.3. The van der Waals surface area contributed by atoms with Crippen molar-refractivity contribution in [3.8, 4) is 0 Å². The summed E-state index contributed by atoms with van der Waals surface area (Å²) in [6.45, 7) is 1.11. The van der Waals surface area contributed by atoms with Gasteiger partial charge in [-0.1, -0.05) is 49.8 Å². The Morgan fingerprint density at radius 2 is 1.89 bits per heavy atom. The van der Waals surface area contributed by atoms with Crippen LogP contribution < -0.4 is 15.5 Å². The zero-order valence-corrected chi connectivity index (χ0v) is 21.9. The second-order valence-electron chi connectivity index (χ2n) is 9.31. The van der Waals surface area contributed by atoms with E-state index in [9.17, 15) is 14.4 Å². The lowest BCUT2D eigenvalue weighted by Gasteiger charge is -2.35. The van der Waals surface area contributed by atoms with Crippen molar-refractivity contribution in [1.29, 1.82) is 0 Å². The first-order chi connectivity index (χ1) is 16.7. The summed E-state index contributed by atoms with van der Waals surface area (Å²) in [5.41, 5.74) is 0.609. The van der Waals surface area contributed by atoms with E-state index in [0.717, 1.165) is 6.42 Å². The van der Waals surface area contributed by atoms with E-state index >= 15 is 0 Å². The number of carbonyl (C=O) groups is 3. The van der Waals surface area contributed by atoms with Gasteiger partial charge in [0.1, 0.15) is 6.54 Å². The van der Waals surface area contributed by atoms with E-state index in [0.29, 0.717) is 36.1 Å². The number of carbonyl (C=O) groups excluding carboxylic acids is 2. The van der Waals surface area contributed by atoms with Gasteiger partial charge >= 0.3 is 12.1 Å². The number of amides is 4. The average molecular weight is 510 g/mol. The number of carboxylic acid groups (broad SMARTS) is 1. The molecular weight excluding hydrogens is 470 g/mol. The summed E-state index contributed by atoms with van der Waals surface area (Å²) in [5.74, 6) is 0.367. The first kappa shape index (κ1) is 28.7. The second kappa shape index (κ2) is 14.8. The standard InChI is InChI=1S/C25H40ClN5O4/c1-27-17-22(15-19-9-5-4-6-10-19)30(3)25(35)29(2)18-23(32)31(14-8-13-28-24(33)34)21-12-7-11-20(26)16-21/h7,11-12,16,19,22,27-28H,4-6,8-10,13-15,17-18H2,1-3H3,(H,33,34). The van der Waals surface area contributed by atoms with Crippen molar-refractivity contribution < 1.29 is 19.5 Å². The van der Waals surface area contributed by atoms with E-state index in [1.807, 2.05) is 7.05 Å². The summed E-state index contributed by atoms with van der Waals surface area (Å²) in [5, 5.41) is 14.8. The molecule has 1 aromatic carbocycles. The van der Waals surface area contributed by atoms with Gasteiger partial charge in [0.2, 0.25) is 5.91 Å². The summed E-state index contributed by atoms with van der Waals surface area (Å²) >= 11 is 6.13. The lowest BCUT2D eigenvalue weighted by Crippen LogP contribution is -2.51. The summed E-state index contributed by atoms with van der Waals surface area (Å²) in [6.07, 6.45) is 6.49. The highest BCUT2D eigenvalue weighted by Crippen LogP contribution is 2.28. The molecule has 9 nitrogen and oxygen atoms in total. The van der Waals surface area contributed by atoms with E-state index in [-0.39, 0.29) is 31.1 Å². The van der Waals surface area contributed by atoms with Gasteiger partial charge in [0.15, 0.2) is 0 Å². The van der Waals surface area contributed by atoms with Crippen LogP contribution >= 0.6 is 11.6 Å². The molecule has 1 aliphatic rings. The fourth-order valence-corrected chi connectivity index (χ4v) is 4.86. The Morgan fingerprint density at radius 1 is 1.17 bits per heavy atom. The first-order valence-electron chi connectivity index (χ1n) is 12.4. The molecule has 1 saturated carbocycles. The van der Waals surface area contributed by atoms with Crippen LogP contribution in [0.25, 0.3) is 0 Å². The third-order valence-corrected chi connectivity index (χ3v) is 6.81. The van der Waals surface area contributed by atoms with E-state index in [1.165, 1.54) is 37.0 Å². The minimum atomic E-state index is -1.11. The van der Waals surface area contributed by atoms with Gasteiger partial charge in [-0.2, -0.15) is 0 Å². The van der Waals surface area contributed by atoms with Crippen LogP contribution in [-0.2, 0) is 4.79 Å². The molecule has 10 heteroatoms. The Labute approximate surface area is 213 Å². The molecule has 0 aromatic heterocycles. The van der Waals surface area contributed by atoms with Crippen LogP contribution in [0.15, 0.2) is 24.3 Å². The Kier molecular flexibility index (Phi) is 12.1. The molecule has 35 heavy (non-hydrogen) atoms. The molecule has 2 rings (SSSR count). The van der Waals surface area contributed by atoms with E-state index in [2.05, 4.69) is 10.6 Å². The van der Waals surface area contributed by atoms with Crippen molar-refractivity contribution in [1.82, 2.24) is 20.4 Å². The van der Waals surface area contributed by atoms with E-state index in [4.69, 9.17) is 16.7 Å². The maximum absolute atomic E-state index is 13.3. The van der Waals surface area contributed by atoms with Crippen LogP contribution in [0, 0.1) is 5.92 Å². The van der Waals surface area contributed by atoms with Crippen molar-refractivity contribution in [2.75, 3.05) is 52.2 Å². The molecule has 1 atom stereocenters. The molecule has 0 aliphatic heterocycles. The third-order valence-electron chi connectivity index (χ3n) is 6.57. The highest BCUT2D eigenvalue weighted by atomic mass is 35.5. The summed E-state index contributed by atoms with van der Waals surface area (Å²) < 4.78 is 0. The van der Waals surface area contributed by atoms with Gasteiger partial charge in [0.25, 0.3) is 0 Å². The molecule has 3 N–H and O–H groups in total. The molecule has 0 radical (unpaired) electrons. The normalized spacial score (nSPS) is 14.7. The first-order valence-corrected chi connectivity index (χ1v) is 12.8.